The first kappa shape index (κ1) is 10.5. The van der Waals surface area contributed by atoms with Gasteiger partial charge in [0.15, 0.2) is 0 Å². The largest absolute Gasteiger partial charge is 0.397 e. The Hall–Kier alpha value is -1.99. The molecule has 0 saturated carbocycles. The van der Waals surface area contributed by atoms with Crippen molar-refractivity contribution in [3.05, 3.63) is 48.2 Å². The third-order valence-electron chi connectivity index (χ3n) is 2.00. The van der Waals surface area contributed by atoms with Gasteiger partial charge in [-0.1, -0.05) is 11.8 Å². The molecule has 0 bridgehead atoms. The Kier molecular flexibility index (Phi) is 3.08. The number of nitriles is 1. The number of hydrogen-bond acceptors (Lipinski definition) is 4. The molecule has 2 aromatic rings. The van der Waals surface area contributed by atoms with Gasteiger partial charge < -0.3 is 5.73 Å². The Labute approximate surface area is 97.9 Å². The van der Waals surface area contributed by atoms with Gasteiger partial charge in [-0.05, 0) is 36.4 Å². The van der Waals surface area contributed by atoms with Gasteiger partial charge in [-0.3, -0.25) is 0 Å². The summed E-state index contributed by atoms with van der Waals surface area (Å²) in [5.74, 6) is 0. The van der Waals surface area contributed by atoms with Crippen LogP contribution in [-0.4, -0.2) is 4.98 Å². The van der Waals surface area contributed by atoms with Crippen LogP contribution in [0.15, 0.2) is 52.5 Å². The van der Waals surface area contributed by atoms with Gasteiger partial charge in [0.25, 0.3) is 0 Å². The minimum Gasteiger partial charge on any atom is -0.397 e. The number of nitrogens with two attached hydrogens (primary N) is 1. The summed E-state index contributed by atoms with van der Waals surface area (Å²) in [6.07, 6.45) is 1.71. The summed E-state index contributed by atoms with van der Waals surface area (Å²) in [6.45, 7) is 0. The zero-order valence-corrected chi connectivity index (χ0v) is 9.24. The van der Waals surface area contributed by atoms with Crippen LogP contribution in [0.1, 0.15) is 5.56 Å². The number of nitrogen functional groups attached to an aromatic ring is 1. The van der Waals surface area contributed by atoms with E-state index in [0.29, 0.717) is 11.3 Å². The predicted octanol–water partition coefficient (Wildman–Crippen LogP) is 2.69. The van der Waals surface area contributed by atoms with Gasteiger partial charge in [-0.15, -0.1) is 0 Å². The van der Waals surface area contributed by atoms with E-state index in [1.165, 1.54) is 11.8 Å². The Balaban J connectivity index is 2.22. The lowest BCUT2D eigenvalue weighted by Gasteiger charge is -2.03. The Bertz CT molecular complexity index is 529. The van der Waals surface area contributed by atoms with Crippen LogP contribution in [0.5, 0.6) is 0 Å². The van der Waals surface area contributed by atoms with E-state index in [2.05, 4.69) is 11.1 Å². The van der Waals surface area contributed by atoms with Gasteiger partial charge in [0.1, 0.15) is 5.03 Å². The quantitative estimate of drug-likeness (QED) is 0.856. The number of rotatable bonds is 2. The van der Waals surface area contributed by atoms with Crippen molar-refractivity contribution < 1.29 is 0 Å². The average molecular weight is 227 g/mol. The first-order valence-corrected chi connectivity index (χ1v) is 5.50. The molecule has 2 N–H and O–H groups in total. The SMILES string of the molecule is N#Cc1ccc(Sc2ncccc2N)cc1. The number of hydrogen-bond donors (Lipinski definition) is 1. The van der Waals surface area contributed by atoms with E-state index in [9.17, 15) is 0 Å². The molecule has 3 nitrogen and oxygen atoms in total. The Morgan fingerprint density at radius 3 is 2.56 bits per heavy atom. The predicted molar refractivity (Wildman–Crippen MR) is 63.9 cm³/mol. The smallest absolute Gasteiger partial charge is 0.124 e. The van der Waals surface area contributed by atoms with Gasteiger partial charge in [0.2, 0.25) is 0 Å². The molecule has 0 radical (unpaired) electrons. The van der Waals surface area contributed by atoms with Gasteiger partial charge in [-0.25, -0.2) is 4.98 Å². The van der Waals surface area contributed by atoms with Crippen molar-refractivity contribution in [1.29, 1.82) is 5.26 Å². The fourth-order valence-electron chi connectivity index (χ4n) is 1.20. The third kappa shape index (κ3) is 2.33. The van der Waals surface area contributed by atoms with E-state index >= 15 is 0 Å². The minimum absolute atomic E-state index is 0.651. The van der Waals surface area contributed by atoms with Crippen molar-refractivity contribution in [2.45, 2.75) is 9.92 Å². The van der Waals surface area contributed by atoms with Gasteiger partial charge >= 0.3 is 0 Å². The second kappa shape index (κ2) is 4.69. The number of aromatic nitrogens is 1. The van der Waals surface area contributed by atoms with Gasteiger partial charge in [0.05, 0.1) is 17.3 Å². The second-order valence-corrected chi connectivity index (χ2v) is 4.20. The summed E-state index contributed by atoms with van der Waals surface area (Å²) < 4.78 is 0. The minimum atomic E-state index is 0.651. The number of anilines is 1. The summed E-state index contributed by atoms with van der Waals surface area (Å²) >= 11 is 1.49. The van der Waals surface area contributed by atoms with Crippen LogP contribution in [0.3, 0.4) is 0 Å². The Morgan fingerprint density at radius 2 is 1.94 bits per heavy atom. The molecule has 0 unspecified atom stereocenters. The maximum Gasteiger partial charge on any atom is 0.124 e. The molecular weight excluding hydrogens is 218 g/mol. The van der Waals surface area contributed by atoms with Gasteiger partial charge in [-0.2, -0.15) is 5.26 Å². The molecule has 0 atom stereocenters. The standard InChI is InChI=1S/C12H9N3S/c13-8-9-3-5-10(6-4-9)16-12-11(14)2-1-7-15-12/h1-7H,14H2. The van der Waals surface area contributed by atoms with Crippen LogP contribution in [0, 0.1) is 11.3 Å². The van der Waals surface area contributed by atoms with Crippen LogP contribution < -0.4 is 5.73 Å². The van der Waals surface area contributed by atoms with Crippen molar-refractivity contribution in [3.63, 3.8) is 0 Å². The fraction of sp³-hybridized carbons (Fsp3) is 0. The zero-order chi connectivity index (χ0) is 11.4. The lowest BCUT2D eigenvalue weighted by molar-refractivity contribution is 1.14. The van der Waals surface area contributed by atoms with Crippen LogP contribution in [-0.2, 0) is 0 Å². The van der Waals surface area contributed by atoms with Gasteiger partial charge in [0, 0.05) is 11.1 Å². The number of nitrogens with zero attached hydrogens (tertiary/aromatic N) is 2. The highest BCUT2D eigenvalue weighted by atomic mass is 32.2. The summed E-state index contributed by atoms with van der Waals surface area (Å²) in [5.41, 5.74) is 7.10. The van der Waals surface area contributed by atoms with Crippen LogP contribution >= 0.6 is 11.8 Å². The molecule has 2 rings (SSSR count). The van der Waals surface area contributed by atoms with E-state index in [1.807, 2.05) is 18.2 Å². The van der Waals surface area contributed by atoms with Crippen LogP contribution in [0.2, 0.25) is 0 Å². The monoisotopic (exact) mass is 227 g/mol. The lowest BCUT2D eigenvalue weighted by atomic mass is 10.2. The van der Waals surface area contributed by atoms with Crippen molar-refractivity contribution in [3.8, 4) is 6.07 Å². The molecule has 1 aromatic heterocycles. The fourth-order valence-corrected chi connectivity index (χ4v) is 1.99. The lowest BCUT2D eigenvalue weighted by Crippen LogP contribution is -1.90. The van der Waals surface area contributed by atoms with E-state index in [0.717, 1.165) is 9.92 Å². The number of pyridine rings is 1. The van der Waals surface area contributed by atoms with E-state index in [-0.39, 0.29) is 0 Å². The first-order valence-electron chi connectivity index (χ1n) is 4.68. The molecule has 0 saturated heterocycles. The summed E-state index contributed by atoms with van der Waals surface area (Å²) in [6, 6.07) is 13.0. The zero-order valence-electron chi connectivity index (χ0n) is 8.42. The first-order chi connectivity index (χ1) is 7.79. The maximum absolute atomic E-state index is 8.67. The maximum atomic E-state index is 8.67. The molecule has 78 valence electrons. The summed E-state index contributed by atoms with van der Waals surface area (Å²) in [4.78, 5) is 5.21. The molecule has 0 amide bonds. The molecule has 0 aliphatic heterocycles. The second-order valence-electron chi connectivity index (χ2n) is 3.14. The molecule has 1 aromatic carbocycles. The Morgan fingerprint density at radius 1 is 1.19 bits per heavy atom. The average Bonchev–Trinajstić information content (AvgIpc) is 2.33. The van der Waals surface area contributed by atoms with Crippen molar-refractivity contribution >= 4 is 17.4 Å². The highest BCUT2D eigenvalue weighted by Crippen LogP contribution is 2.29. The van der Waals surface area contributed by atoms with Crippen molar-refractivity contribution in [1.82, 2.24) is 4.98 Å². The molecular formula is C12H9N3S. The van der Waals surface area contributed by atoms with E-state index in [1.54, 1.807) is 24.4 Å². The van der Waals surface area contributed by atoms with Crippen LogP contribution in [0.4, 0.5) is 5.69 Å². The van der Waals surface area contributed by atoms with E-state index in [4.69, 9.17) is 11.0 Å². The molecule has 0 aliphatic carbocycles. The number of benzene rings is 1. The molecule has 4 heteroatoms. The highest BCUT2D eigenvalue weighted by molar-refractivity contribution is 7.99. The molecule has 1 heterocycles. The van der Waals surface area contributed by atoms with Crippen molar-refractivity contribution in [2.75, 3.05) is 5.73 Å². The molecule has 0 aliphatic rings. The highest BCUT2D eigenvalue weighted by Gasteiger charge is 2.02. The topological polar surface area (TPSA) is 62.7 Å². The molecule has 16 heavy (non-hydrogen) atoms. The van der Waals surface area contributed by atoms with Crippen molar-refractivity contribution in [2.24, 2.45) is 0 Å². The molecule has 0 fully saturated rings. The molecule has 0 spiro atoms. The normalized spacial score (nSPS) is 9.69. The van der Waals surface area contributed by atoms with E-state index < -0.39 is 0 Å². The summed E-state index contributed by atoms with van der Waals surface area (Å²) in [7, 11) is 0. The summed E-state index contributed by atoms with van der Waals surface area (Å²) in [5, 5.41) is 9.46. The third-order valence-corrected chi connectivity index (χ3v) is 3.04. The van der Waals surface area contributed by atoms with Crippen LogP contribution in [0.25, 0.3) is 0 Å².